The van der Waals surface area contributed by atoms with E-state index >= 15 is 0 Å². The molecular formula is C16H21NO3. The summed E-state index contributed by atoms with van der Waals surface area (Å²) >= 11 is 0. The van der Waals surface area contributed by atoms with E-state index in [2.05, 4.69) is 17.0 Å². The molecule has 0 spiro atoms. The molecule has 2 fully saturated rings. The molecule has 20 heavy (non-hydrogen) atoms. The van der Waals surface area contributed by atoms with E-state index < -0.39 is 5.97 Å². The van der Waals surface area contributed by atoms with Gasteiger partial charge in [-0.2, -0.15) is 0 Å². The maximum atomic E-state index is 11.5. The van der Waals surface area contributed by atoms with E-state index in [0.717, 1.165) is 32.7 Å². The molecule has 4 heteroatoms. The minimum atomic E-state index is -0.655. The minimum absolute atomic E-state index is 0.235. The first kappa shape index (κ1) is 13.6. The highest BCUT2D eigenvalue weighted by Gasteiger charge is 2.42. The van der Waals surface area contributed by atoms with E-state index in [9.17, 15) is 9.90 Å². The van der Waals surface area contributed by atoms with Crippen molar-refractivity contribution in [2.45, 2.75) is 13.0 Å². The first-order valence-electron chi connectivity index (χ1n) is 7.31. The third-order valence-corrected chi connectivity index (χ3v) is 4.58. The second-order valence-corrected chi connectivity index (χ2v) is 5.91. The molecule has 2 aliphatic heterocycles. The Kier molecular flexibility index (Phi) is 4.03. The summed E-state index contributed by atoms with van der Waals surface area (Å²) in [5.74, 6) is -0.251. The SMILES string of the molecule is O=C(O)C1CN(Cc2ccccc2)CC1C1CCOC1. The number of hydrogen-bond donors (Lipinski definition) is 1. The Bertz CT molecular complexity index is 456. The lowest BCUT2D eigenvalue weighted by Gasteiger charge is -2.20. The van der Waals surface area contributed by atoms with Crippen LogP contribution in [0, 0.1) is 17.8 Å². The second-order valence-electron chi connectivity index (χ2n) is 5.91. The first-order valence-corrected chi connectivity index (χ1v) is 7.31. The Labute approximate surface area is 119 Å². The van der Waals surface area contributed by atoms with Crippen LogP contribution in [0.3, 0.4) is 0 Å². The summed E-state index contributed by atoms with van der Waals surface area (Å²) in [5, 5.41) is 9.46. The van der Waals surface area contributed by atoms with Crippen LogP contribution < -0.4 is 0 Å². The Balaban J connectivity index is 1.68. The van der Waals surface area contributed by atoms with Crippen molar-refractivity contribution in [2.24, 2.45) is 17.8 Å². The molecule has 2 aliphatic rings. The van der Waals surface area contributed by atoms with Gasteiger partial charge in [-0.15, -0.1) is 0 Å². The number of rotatable bonds is 4. The van der Waals surface area contributed by atoms with Crippen molar-refractivity contribution in [1.82, 2.24) is 4.90 Å². The average molecular weight is 275 g/mol. The van der Waals surface area contributed by atoms with Crippen molar-refractivity contribution in [3.05, 3.63) is 35.9 Å². The number of carboxylic acid groups (broad SMARTS) is 1. The lowest BCUT2D eigenvalue weighted by Crippen LogP contribution is -2.28. The first-order chi connectivity index (χ1) is 9.74. The van der Waals surface area contributed by atoms with Gasteiger partial charge in [-0.25, -0.2) is 0 Å². The summed E-state index contributed by atoms with van der Waals surface area (Å²) < 4.78 is 5.44. The Morgan fingerprint density at radius 3 is 2.75 bits per heavy atom. The fourth-order valence-corrected chi connectivity index (χ4v) is 3.51. The van der Waals surface area contributed by atoms with Crippen LogP contribution in [0.15, 0.2) is 30.3 Å². The molecule has 0 amide bonds. The maximum Gasteiger partial charge on any atom is 0.308 e. The summed E-state index contributed by atoms with van der Waals surface area (Å²) in [5.41, 5.74) is 1.25. The zero-order chi connectivity index (χ0) is 13.9. The highest BCUT2D eigenvalue weighted by atomic mass is 16.5. The van der Waals surface area contributed by atoms with Crippen molar-refractivity contribution < 1.29 is 14.6 Å². The Morgan fingerprint density at radius 1 is 1.30 bits per heavy atom. The number of benzene rings is 1. The molecule has 2 heterocycles. The third-order valence-electron chi connectivity index (χ3n) is 4.58. The van der Waals surface area contributed by atoms with Crippen LogP contribution >= 0.6 is 0 Å². The van der Waals surface area contributed by atoms with Crippen LogP contribution in [-0.2, 0) is 16.1 Å². The number of aliphatic carboxylic acids is 1. The quantitative estimate of drug-likeness (QED) is 0.911. The Hall–Kier alpha value is -1.39. The maximum absolute atomic E-state index is 11.5. The molecule has 0 radical (unpaired) electrons. The van der Waals surface area contributed by atoms with Crippen molar-refractivity contribution in [3.63, 3.8) is 0 Å². The fourth-order valence-electron chi connectivity index (χ4n) is 3.51. The highest BCUT2D eigenvalue weighted by Crippen LogP contribution is 2.35. The van der Waals surface area contributed by atoms with Gasteiger partial charge in [0.25, 0.3) is 0 Å². The lowest BCUT2D eigenvalue weighted by molar-refractivity contribution is -0.143. The van der Waals surface area contributed by atoms with Crippen LogP contribution in [0.1, 0.15) is 12.0 Å². The monoisotopic (exact) mass is 275 g/mol. The number of ether oxygens (including phenoxy) is 1. The van der Waals surface area contributed by atoms with Gasteiger partial charge >= 0.3 is 5.97 Å². The molecule has 1 aromatic carbocycles. The van der Waals surface area contributed by atoms with Gasteiger partial charge in [0, 0.05) is 32.8 Å². The van der Waals surface area contributed by atoms with Gasteiger partial charge in [0.1, 0.15) is 0 Å². The van der Waals surface area contributed by atoms with E-state index in [4.69, 9.17) is 4.74 Å². The van der Waals surface area contributed by atoms with Crippen LogP contribution in [0.2, 0.25) is 0 Å². The standard InChI is InChI=1S/C16H21NO3/c18-16(19)15-10-17(8-12-4-2-1-3-5-12)9-14(15)13-6-7-20-11-13/h1-5,13-15H,6-11H2,(H,18,19). The number of carboxylic acids is 1. The van der Waals surface area contributed by atoms with Crippen LogP contribution in [0.25, 0.3) is 0 Å². The zero-order valence-corrected chi connectivity index (χ0v) is 11.6. The van der Waals surface area contributed by atoms with Crippen molar-refractivity contribution in [1.29, 1.82) is 0 Å². The molecule has 0 aliphatic carbocycles. The van der Waals surface area contributed by atoms with Gasteiger partial charge in [-0.3, -0.25) is 9.69 Å². The lowest BCUT2D eigenvalue weighted by atomic mass is 9.83. The smallest absolute Gasteiger partial charge is 0.308 e. The summed E-state index contributed by atoms with van der Waals surface area (Å²) in [6.45, 7) is 3.89. The van der Waals surface area contributed by atoms with Gasteiger partial charge in [-0.1, -0.05) is 30.3 Å². The molecule has 1 aromatic rings. The molecule has 1 N–H and O–H groups in total. The van der Waals surface area contributed by atoms with E-state index in [-0.39, 0.29) is 11.8 Å². The van der Waals surface area contributed by atoms with Crippen molar-refractivity contribution in [2.75, 3.05) is 26.3 Å². The molecule has 2 saturated heterocycles. The molecule has 0 saturated carbocycles. The summed E-state index contributed by atoms with van der Waals surface area (Å²) in [6, 6.07) is 10.3. The van der Waals surface area contributed by atoms with Gasteiger partial charge in [0.15, 0.2) is 0 Å². The van der Waals surface area contributed by atoms with Crippen LogP contribution in [0.4, 0.5) is 0 Å². The zero-order valence-electron chi connectivity index (χ0n) is 11.6. The van der Waals surface area contributed by atoms with Crippen LogP contribution in [0.5, 0.6) is 0 Å². The topological polar surface area (TPSA) is 49.8 Å². The normalized spacial score (nSPS) is 30.7. The van der Waals surface area contributed by atoms with Crippen molar-refractivity contribution >= 4 is 5.97 Å². The summed E-state index contributed by atoms with van der Waals surface area (Å²) in [6.07, 6.45) is 1.01. The van der Waals surface area contributed by atoms with Gasteiger partial charge in [0.05, 0.1) is 5.92 Å². The highest BCUT2D eigenvalue weighted by molar-refractivity contribution is 5.71. The predicted molar refractivity (Wildman–Crippen MR) is 75.3 cm³/mol. The van der Waals surface area contributed by atoms with Gasteiger partial charge in [0.2, 0.25) is 0 Å². The second kappa shape index (κ2) is 5.94. The number of carbonyl (C=O) groups is 1. The largest absolute Gasteiger partial charge is 0.481 e. The van der Waals surface area contributed by atoms with Crippen molar-refractivity contribution in [3.8, 4) is 0 Å². The molecule has 3 unspecified atom stereocenters. The van der Waals surface area contributed by atoms with Crippen LogP contribution in [-0.4, -0.2) is 42.3 Å². The molecule has 108 valence electrons. The number of hydrogen-bond acceptors (Lipinski definition) is 3. The predicted octanol–water partition coefficient (Wildman–Crippen LogP) is 1.86. The molecule has 4 nitrogen and oxygen atoms in total. The number of likely N-dealkylation sites (tertiary alicyclic amines) is 1. The minimum Gasteiger partial charge on any atom is -0.481 e. The average Bonchev–Trinajstić information content (AvgIpc) is 3.08. The molecule has 3 rings (SSSR count). The number of nitrogens with zero attached hydrogens (tertiary/aromatic N) is 1. The third kappa shape index (κ3) is 2.86. The van der Waals surface area contributed by atoms with Gasteiger partial charge < -0.3 is 9.84 Å². The fraction of sp³-hybridized carbons (Fsp3) is 0.562. The summed E-state index contributed by atoms with van der Waals surface area (Å²) in [7, 11) is 0. The molecular weight excluding hydrogens is 254 g/mol. The van der Waals surface area contributed by atoms with E-state index in [1.807, 2.05) is 18.2 Å². The summed E-state index contributed by atoms with van der Waals surface area (Å²) in [4.78, 5) is 13.8. The van der Waals surface area contributed by atoms with Gasteiger partial charge in [-0.05, 0) is 23.8 Å². The van der Waals surface area contributed by atoms with E-state index in [0.29, 0.717) is 12.5 Å². The van der Waals surface area contributed by atoms with E-state index in [1.54, 1.807) is 0 Å². The Morgan fingerprint density at radius 2 is 2.10 bits per heavy atom. The molecule has 0 aromatic heterocycles. The molecule has 3 atom stereocenters. The van der Waals surface area contributed by atoms with E-state index in [1.165, 1.54) is 5.56 Å². The molecule has 0 bridgehead atoms.